The molecule has 2 unspecified atom stereocenters. The van der Waals surface area contributed by atoms with E-state index in [4.69, 9.17) is 10.5 Å². The van der Waals surface area contributed by atoms with E-state index in [-0.39, 0.29) is 18.1 Å². The Morgan fingerprint density at radius 2 is 2.14 bits per heavy atom. The normalized spacial score (nSPS) is 22.5. The number of hydrogen-bond acceptors (Lipinski definition) is 4. The molecule has 21 heavy (non-hydrogen) atoms. The molecule has 2 atom stereocenters. The van der Waals surface area contributed by atoms with Crippen molar-refractivity contribution in [3.8, 4) is 0 Å². The van der Waals surface area contributed by atoms with Crippen molar-refractivity contribution in [1.29, 1.82) is 0 Å². The molecule has 1 saturated heterocycles. The molecule has 5 heteroatoms. The topological polar surface area (TPSA) is 68.5 Å². The first-order valence-corrected chi connectivity index (χ1v) is 7.14. The van der Waals surface area contributed by atoms with E-state index in [0.29, 0.717) is 24.5 Å². The number of pyridine rings is 1. The summed E-state index contributed by atoms with van der Waals surface area (Å²) in [6.45, 7) is 5.13. The highest BCUT2D eigenvalue weighted by Gasteiger charge is 2.29. The number of nitrogens with two attached hydrogens (primary N) is 1. The van der Waals surface area contributed by atoms with Crippen molar-refractivity contribution in [2.75, 3.05) is 18.9 Å². The van der Waals surface area contributed by atoms with Gasteiger partial charge in [0.2, 0.25) is 0 Å². The van der Waals surface area contributed by atoms with Crippen molar-refractivity contribution in [2.24, 2.45) is 0 Å². The molecule has 2 aromatic rings. The SMILES string of the molecule is CC1CN(C(=O)c2cc(N)nc3ccccc23)C(C)CO1. The average molecular weight is 285 g/mol. The van der Waals surface area contributed by atoms with E-state index in [1.807, 2.05) is 43.0 Å². The van der Waals surface area contributed by atoms with Crippen LogP contribution in [0.1, 0.15) is 24.2 Å². The third-order valence-corrected chi connectivity index (χ3v) is 3.84. The average Bonchev–Trinajstić information content (AvgIpc) is 2.48. The van der Waals surface area contributed by atoms with E-state index in [2.05, 4.69) is 4.98 Å². The molecule has 1 aromatic carbocycles. The van der Waals surface area contributed by atoms with Gasteiger partial charge in [0, 0.05) is 11.9 Å². The number of hydrogen-bond donors (Lipinski definition) is 1. The fourth-order valence-corrected chi connectivity index (χ4v) is 2.71. The predicted molar refractivity (Wildman–Crippen MR) is 82.1 cm³/mol. The summed E-state index contributed by atoms with van der Waals surface area (Å²) >= 11 is 0. The van der Waals surface area contributed by atoms with Gasteiger partial charge in [-0.25, -0.2) is 4.98 Å². The van der Waals surface area contributed by atoms with Gasteiger partial charge >= 0.3 is 0 Å². The van der Waals surface area contributed by atoms with Crippen LogP contribution in [0.15, 0.2) is 30.3 Å². The monoisotopic (exact) mass is 285 g/mol. The Kier molecular flexibility index (Phi) is 3.51. The first-order chi connectivity index (χ1) is 10.1. The summed E-state index contributed by atoms with van der Waals surface area (Å²) < 4.78 is 5.59. The Balaban J connectivity index is 2.05. The lowest BCUT2D eigenvalue weighted by Crippen LogP contribution is -2.50. The Bertz CT molecular complexity index is 686. The maximum Gasteiger partial charge on any atom is 0.255 e. The Morgan fingerprint density at radius 3 is 2.95 bits per heavy atom. The number of amides is 1. The quantitative estimate of drug-likeness (QED) is 0.871. The lowest BCUT2D eigenvalue weighted by atomic mass is 10.1. The fraction of sp³-hybridized carbons (Fsp3) is 0.375. The van der Waals surface area contributed by atoms with Gasteiger partial charge in [-0.1, -0.05) is 18.2 Å². The first-order valence-electron chi connectivity index (χ1n) is 7.14. The molecule has 1 amide bonds. The molecule has 0 aliphatic carbocycles. The number of carbonyl (C=O) groups excluding carboxylic acids is 1. The minimum absolute atomic E-state index is 0.0112. The summed E-state index contributed by atoms with van der Waals surface area (Å²) in [6.07, 6.45) is 0.0515. The van der Waals surface area contributed by atoms with Crippen molar-refractivity contribution in [2.45, 2.75) is 26.0 Å². The largest absolute Gasteiger partial charge is 0.384 e. The Hall–Kier alpha value is -2.14. The van der Waals surface area contributed by atoms with Crippen LogP contribution in [-0.4, -0.2) is 41.1 Å². The van der Waals surface area contributed by atoms with E-state index >= 15 is 0 Å². The standard InChI is InChI=1S/C16H19N3O2/c1-10-9-21-11(2)8-19(10)16(20)13-7-15(17)18-14-6-4-3-5-12(13)14/h3-7,10-11H,8-9H2,1-2H3,(H2,17,18). The van der Waals surface area contributed by atoms with Gasteiger partial charge in [0.1, 0.15) is 5.82 Å². The molecule has 110 valence electrons. The molecule has 3 rings (SSSR count). The molecule has 0 spiro atoms. The van der Waals surface area contributed by atoms with Gasteiger partial charge in [-0.3, -0.25) is 4.79 Å². The number of rotatable bonds is 1. The van der Waals surface area contributed by atoms with Gasteiger partial charge in [-0.2, -0.15) is 0 Å². The lowest BCUT2D eigenvalue weighted by molar-refractivity contribution is -0.0386. The smallest absolute Gasteiger partial charge is 0.255 e. The number of para-hydroxylation sites is 1. The number of nitrogen functional groups attached to an aromatic ring is 1. The van der Waals surface area contributed by atoms with Gasteiger partial charge in [0.15, 0.2) is 0 Å². The Morgan fingerprint density at radius 1 is 1.38 bits per heavy atom. The molecule has 1 fully saturated rings. The van der Waals surface area contributed by atoms with Crippen LogP contribution in [0.2, 0.25) is 0 Å². The van der Waals surface area contributed by atoms with E-state index in [0.717, 1.165) is 10.9 Å². The van der Waals surface area contributed by atoms with Crippen molar-refractivity contribution in [1.82, 2.24) is 9.88 Å². The zero-order valence-electron chi connectivity index (χ0n) is 12.2. The van der Waals surface area contributed by atoms with Gasteiger partial charge in [0.25, 0.3) is 5.91 Å². The summed E-state index contributed by atoms with van der Waals surface area (Å²) in [5.41, 5.74) is 7.20. The summed E-state index contributed by atoms with van der Waals surface area (Å²) in [5, 5.41) is 0.836. The van der Waals surface area contributed by atoms with Crippen LogP contribution in [0.4, 0.5) is 5.82 Å². The number of anilines is 1. The fourth-order valence-electron chi connectivity index (χ4n) is 2.71. The number of morpholine rings is 1. The maximum atomic E-state index is 12.9. The van der Waals surface area contributed by atoms with E-state index in [9.17, 15) is 4.79 Å². The number of benzene rings is 1. The lowest BCUT2D eigenvalue weighted by Gasteiger charge is -2.37. The Labute approximate surface area is 123 Å². The van der Waals surface area contributed by atoms with Crippen molar-refractivity contribution in [3.05, 3.63) is 35.9 Å². The van der Waals surface area contributed by atoms with Crippen LogP contribution < -0.4 is 5.73 Å². The third kappa shape index (κ3) is 2.56. The van der Waals surface area contributed by atoms with Crippen LogP contribution in [0.25, 0.3) is 10.9 Å². The van der Waals surface area contributed by atoms with E-state index in [1.165, 1.54) is 0 Å². The number of nitrogens with zero attached hydrogens (tertiary/aromatic N) is 2. The van der Waals surface area contributed by atoms with Crippen LogP contribution in [0.5, 0.6) is 0 Å². The van der Waals surface area contributed by atoms with Gasteiger partial charge in [-0.05, 0) is 26.0 Å². The molecule has 1 aliphatic rings. The zero-order chi connectivity index (χ0) is 15.0. The molecule has 2 heterocycles. The molecule has 1 aliphatic heterocycles. The highest BCUT2D eigenvalue weighted by atomic mass is 16.5. The highest BCUT2D eigenvalue weighted by molar-refractivity contribution is 6.07. The third-order valence-electron chi connectivity index (χ3n) is 3.84. The number of fused-ring (bicyclic) bond motifs is 1. The molecule has 0 bridgehead atoms. The van der Waals surface area contributed by atoms with Crippen LogP contribution >= 0.6 is 0 Å². The first kappa shape index (κ1) is 13.8. The minimum Gasteiger partial charge on any atom is -0.384 e. The molecular weight excluding hydrogens is 266 g/mol. The van der Waals surface area contributed by atoms with E-state index < -0.39 is 0 Å². The molecule has 0 saturated carbocycles. The van der Waals surface area contributed by atoms with Gasteiger partial charge in [-0.15, -0.1) is 0 Å². The second kappa shape index (κ2) is 5.33. The minimum atomic E-state index is -0.0112. The molecule has 1 aromatic heterocycles. The second-order valence-corrected chi connectivity index (χ2v) is 5.56. The molecule has 2 N–H and O–H groups in total. The summed E-state index contributed by atoms with van der Waals surface area (Å²) in [6, 6.07) is 9.29. The van der Waals surface area contributed by atoms with Crippen molar-refractivity contribution in [3.63, 3.8) is 0 Å². The predicted octanol–water partition coefficient (Wildman–Crippen LogP) is 2.07. The van der Waals surface area contributed by atoms with Crippen LogP contribution in [0.3, 0.4) is 0 Å². The molecule has 5 nitrogen and oxygen atoms in total. The molecular formula is C16H19N3O2. The van der Waals surface area contributed by atoms with Crippen LogP contribution in [-0.2, 0) is 4.74 Å². The van der Waals surface area contributed by atoms with Crippen LogP contribution in [0, 0.1) is 0 Å². The number of aromatic nitrogens is 1. The summed E-state index contributed by atoms with van der Waals surface area (Å²) in [4.78, 5) is 19.0. The molecule has 0 radical (unpaired) electrons. The van der Waals surface area contributed by atoms with Crippen molar-refractivity contribution < 1.29 is 9.53 Å². The van der Waals surface area contributed by atoms with E-state index in [1.54, 1.807) is 6.07 Å². The zero-order valence-corrected chi connectivity index (χ0v) is 12.2. The highest BCUT2D eigenvalue weighted by Crippen LogP contribution is 2.23. The second-order valence-electron chi connectivity index (χ2n) is 5.56. The van der Waals surface area contributed by atoms with Gasteiger partial charge < -0.3 is 15.4 Å². The summed E-state index contributed by atoms with van der Waals surface area (Å²) in [7, 11) is 0. The van der Waals surface area contributed by atoms with Gasteiger partial charge in [0.05, 0.1) is 29.8 Å². The maximum absolute atomic E-state index is 12.9. The number of carbonyl (C=O) groups is 1. The number of ether oxygens (including phenoxy) is 1. The van der Waals surface area contributed by atoms with Crippen molar-refractivity contribution >= 4 is 22.6 Å². The summed E-state index contributed by atoms with van der Waals surface area (Å²) in [5.74, 6) is 0.356.